The standard InChI is InChI=1S/C13H20N2O4S/c1-9(2)19-7-6-15-13(16)12-8-11(20(14,17)18)5-4-10(12)3/h4-5,8-9H,6-7H2,1-3H3,(H,15,16)(H2,14,17,18). The molecule has 0 bridgehead atoms. The van der Waals surface area contributed by atoms with Crippen molar-refractivity contribution < 1.29 is 17.9 Å². The van der Waals surface area contributed by atoms with E-state index in [2.05, 4.69) is 5.32 Å². The van der Waals surface area contributed by atoms with Gasteiger partial charge in [-0.05, 0) is 38.5 Å². The quantitative estimate of drug-likeness (QED) is 0.759. The van der Waals surface area contributed by atoms with Crippen LogP contribution >= 0.6 is 0 Å². The van der Waals surface area contributed by atoms with Gasteiger partial charge in [-0.25, -0.2) is 13.6 Å². The molecule has 0 saturated heterocycles. The van der Waals surface area contributed by atoms with Crippen molar-refractivity contribution >= 4 is 15.9 Å². The minimum Gasteiger partial charge on any atom is -0.377 e. The number of benzene rings is 1. The number of primary sulfonamides is 1. The summed E-state index contributed by atoms with van der Waals surface area (Å²) in [6.07, 6.45) is 0.0966. The zero-order valence-electron chi connectivity index (χ0n) is 11.8. The molecule has 0 aliphatic heterocycles. The van der Waals surface area contributed by atoms with Crippen molar-refractivity contribution in [3.63, 3.8) is 0 Å². The van der Waals surface area contributed by atoms with Crippen LogP contribution in [0.15, 0.2) is 23.1 Å². The van der Waals surface area contributed by atoms with Gasteiger partial charge >= 0.3 is 0 Å². The van der Waals surface area contributed by atoms with Crippen molar-refractivity contribution in [3.05, 3.63) is 29.3 Å². The molecule has 0 spiro atoms. The predicted molar refractivity (Wildman–Crippen MR) is 76.0 cm³/mol. The number of hydrogen-bond acceptors (Lipinski definition) is 4. The second kappa shape index (κ2) is 6.83. The Morgan fingerprint density at radius 2 is 2.05 bits per heavy atom. The first-order valence-electron chi connectivity index (χ1n) is 6.25. The fourth-order valence-corrected chi connectivity index (χ4v) is 2.12. The van der Waals surface area contributed by atoms with Crippen LogP contribution in [0.25, 0.3) is 0 Å². The smallest absolute Gasteiger partial charge is 0.251 e. The molecule has 0 heterocycles. The van der Waals surface area contributed by atoms with Gasteiger partial charge in [0.2, 0.25) is 10.0 Å². The van der Waals surface area contributed by atoms with Crippen LogP contribution in [-0.4, -0.2) is 33.6 Å². The number of hydrogen-bond donors (Lipinski definition) is 2. The third-order valence-corrected chi connectivity index (χ3v) is 3.53. The van der Waals surface area contributed by atoms with E-state index in [-0.39, 0.29) is 16.9 Å². The van der Waals surface area contributed by atoms with Crippen molar-refractivity contribution in [1.29, 1.82) is 0 Å². The van der Waals surface area contributed by atoms with Crippen LogP contribution in [-0.2, 0) is 14.8 Å². The third-order valence-electron chi connectivity index (χ3n) is 2.62. The van der Waals surface area contributed by atoms with E-state index in [9.17, 15) is 13.2 Å². The van der Waals surface area contributed by atoms with Crippen molar-refractivity contribution in [3.8, 4) is 0 Å². The van der Waals surface area contributed by atoms with E-state index in [4.69, 9.17) is 9.88 Å². The number of nitrogens with one attached hydrogen (secondary N) is 1. The molecule has 6 nitrogen and oxygen atoms in total. The molecule has 3 N–H and O–H groups in total. The van der Waals surface area contributed by atoms with Gasteiger partial charge in [0.15, 0.2) is 0 Å². The third kappa shape index (κ3) is 4.92. The Morgan fingerprint density at radius 1 is 1.40 bits per heavy atom. The van der Waals surface area contributed by atoms with Crippen LogP contribution in [0.1, 0.15) is 29.8 Å². The van der Waals surface area contributed by atoms with Crippen LogP contribution in [0.2, 0.25) is 0 Å². The van der Waals surface area contributed by atoms with Gasteiger partial charge in [0.05, 0.1) is 17.6 Å². The maximum atomic E-state index is 12.0. The number of rotatable bonds is 6. The molecule has 0 fully saturated rings. The van der Waals surface area contributed by atoms with Crippen molar-refractivity contribution in [2.24, 2.45) is 5.14 Å². The number of sulfonamides is 1. The van der Waals surface area contributed by atoms with Crippen LogP contribution in [0.3, 0.4) is 0 Å². The molecule has 1 aromatic carbocycles. The Balaban J connectivity index is 2.77. The summed E-state index contributed by atoms with van der Waals surface area (Å²) in [5.74, 6) is -0.347. The fourth-order valence-electron chi connectivity index (χ4n) is 1.58. The zero-order chi connectivity index (χ0) is 15.3. The summed E-state index contributed by atoms with van der Waals surface area (Å²) in [5.41, 5.74) is 0.973. The highest BCUT2D eigenvalue weighted by Gasteiger charge is 2.14. The molecular weight excluding hydrogens is 280 g/mol. The lowest BCUT2D eigenvalue weighted by Crippen LogP contribution is -2.29. The fraction of sp³-hybridized carbons (Fsp3) is 0.462. The number of amides is 1. The molecule has 0 atom stereocenters. The molecule has 0 aromatic heterocycles. The summed E-state index contributed by atoms with van der Waals surface area (Å²) < 4.78 is 27.9. The highest BCUT2D eigenvalue weighted by molar-refractivity contribution is 7.89. The molecule has 0 aliphatic carbocycles. The van der Waals surface area contributed by atoms with Gasteiger partial charge in [-0.3, -0.25) is 4.79 Å². The van der Waals surface area contributed by atoms with Gasteiger partial charge in [-0.1, -0.05) is 6.07 Å². The van der Waals surface area contributed by atoms with E-state index in [0.717, 1.165) is 0 Å². The highest BCUT2D eigenvalue weighted by Crippen LogP contribution is 2.14. The lowest BCUT2D eigenvalue weighted by molar-refractivity contribution is 0.0746. The number of carbonyl (C=O) groups is 1. The van der Waals surface area contributed by atoms with Crippen molar-refractivity contribution in [1.82, 2.24) is 5.32 Å². The number of ether oxygens (including phenoxy) is 1. The van der Waals surface area contributed by atoms with Gasteiger partial charge in [0.1, 0.15) is 0 Å². The van der Waals surface area contributed by atoms with E-state index in [1.807, 2.05) is 13.8 Å². The molecule has 1 aromatic rings. The maximum Gasteiger partial charge on any atom is 0.251 e. The lowest BCUT2D eigenvalue weighted by atomic mass is 10.1. The Morgan fingerprint density at radius 3 is 2.60 bits per heavy atom. The molecule has 1 amide bonds. The van der Waals surface area contributed by atoms with Crippen LogP contribution in [0.4, 0.5) is 0 Å². The molecule has 1 rings (SSSR count). The topological polar surface area (TPSA) is 98.5 Å². The number of carbonyl (C=O) groups excluding carboxylic acids is 1. The Kier molecular flexibility index (Phi) is 5.67. The summed E-state index contributed by atoms with van der Waals surface area (Å²) in [6, 6.07) is 4.21. The molecule has 0 radical (unpaired) electrons. The first-order chi connectivity index (χ1) is 9.21. The molecule has 112 valence electrons. The first-order valence-corrected chi connectivity index (χ1v) is 7.79. The van der Waals surface area contributed by atoms with E-state index in [1.165, 1.54) is 12.1 Å². The van der Waals surface area contributed by atoms with E-state index < -0.39 is 10.0 Å². The van der Waals surface area contributed by atoms with E-state index >= 15 is 0 Å². The van der Waals surface area contributed by atoms with Crippen LogP contribution < -0.4 is 10.5 Å². The zero-order valence-corrected chi connectivity index (χ0v) is 12.7. The summed E-state index contributed by atoms with van der Waals surface area (Å²) in [7, 11) is -3.82. The number of aryl methyl sites for hydroxylation is 1. The average molecular weight is 300 g/mol. The van der Waals surface area contributed by atoms with Crippen LogP contribution in [0, 0.1) is 6.92 Å². The normalized spacial score (nSPS) is 11.7. The number of nitrogens with two attached hydrogens (primary N) is 1. The molecule has 0 saturated carbocycles. The van der Waals surface area contributed by atoms with Gasteiger partial charge < -0.3 is 10.1 Å². The maximum absolute atomic E-state index is 12.0. The molecule has 20 heavy (non-hydrogen) atoms. The molecule has 0 aliphatic rings. The molecule has 0 unspecified atom stereocenters. The van der Waals surface area contributed by atoms with Gasteiger partial charge in [-0.2, -0.15) is 0 Å². The largest absolute Gasteiger partial charge is 0.377 e. The van der Waals surface area contributed by atoms with Gasteiger partial charge in [-0.15, -0.1) is 0 Å². The molecular formula is C13H20N2O4S. The van der Waals surface area contributed by atoms with Crippen molar-refractivity contribution in [2.45, 2.75) is 31.8 Å². The van der Waals surface area contributed by atoms with Crippen LogP contribution in [0.5, 0.6) is 0 Å². The monoisotopic (exact) mass is 300 g/mol. The second-order valence-corrected chi connectivity index (χ2v) is 6.26. The highest BCUT2D eigenvalue weighted by atomic mass is 32.2. The minimum absolute atomic E-state index is 0.0771. The van der Waals surface area contributed by atoms with E-state index in [1.54, 1.807) is 13.0 Å². The lowest BCUT2D eigenvalue weighted by Gasteiger charge is -2.10. The SMILES string of the molecule is Cc1ccc(S(N)(=O)=O)cc1C(=O)NCCOC(C)C. The van der Waals surface area contributed by atoms with Gasteiger partial charge in [0, 0.05) is 12.1 Å². The summed E-state index contributed by atoms with van der Waals surface area (Å²) in [5, 5.41) is 7.73. The Labute approximate surface area is 119 Å². The summed E-state index contributed by atoms with van der Waals surface area (Å²) >= 11 is 0. The predicted octanol–water partition coefficient (Wildman–Crippen LogP) is 0.797. The van der Waals surface area contributed by atoms with Gasteiger partial charge in [0.25, 0.3) is 5.91 Å². The Hall–Kier alpha value is -1.44. The van der Waals surface area contributed by atoms with Crippen molar-refractivity contribution in [2.75, 3.05) is 13.2 Å². The average Bonchev–Trinajstić information content (AvgIpc) is 2.33. The summed E-state index contributed by atoms with van der Waals surface area (Å²) in [4.78, 5) is 11.9. The minimum atomic E-state index is -3.82. The summed E-state index contributed by atoms with van der Waals surface area (Å²) in [6.45, 7) is 6.29. The van der Waals surface area contributed by atoms with E-state index in [0.29, 0.717) is 24.3 Å². The second-order valence-electron chi connectivity index (χ2n) is 4.70. The molecule has 7 heteroatoms. The Bertz CT molecular complexity index is 582. The first kappa shape index (κ1) is 16.6.